The van der Waals surface area contributed by atoms with E-state index in [-0.39, 0.29) is 35.4 Å². The lowest BCUT2D eigenvalue weighted by Crippen LogP contribution is -2.31. The summed E-state index contributed by atoms with van der Waals surface area (Å²) in [6.07, 6.45) is 3.03. The number of hydrogen-bond acceptors (Lipinski definition) is 4. The zero-order chi connectivity index (χ0) is 19.4. The highest BCUT2D eigenvalue weighted by Crippen LogP contribution is 2.22. The maximum absolute atomic E-state index is 13.5. The van der Waals surface area contributed by atoms with Gasteiger partial charge in [0.15, 0.2) is 11.6 Å². The zero-order valence-corrected chi connectivity index (χ0v) is 15.8. The van der Waals surface area contributed by atoms with Crippen molar-refractivity contribution < 1.29 is 22.3 Å². The number of H-pyrrole nitrogens is 1. The Labute approximate surface area is 157 Å². The predicted molar refractivity (Wildman–Crippen MR) is 97.6 cm³/mol. The number of para-hydroxylation sites is 1. The Morgan fingerprint density at radius 3 is 2.70 bits per heavy atom. The summed E-state index contributed by atoms with van der Waals surface area (Å²) in [4.78, 5) is 16.7. The van der Waals surface area contributed by atoms with E-state index in [1.807, 2.05) is 0 Å². The summed E-state index contributed by atoms with van der Waals surface area (Å²) in [7, 11) is -2.00. The molecule has 1 fully saturated rings. The van der Waals surface area contributed by atoms with Crippen LogP contribution in [0.4, 0.5) is 4.39 Å². The standard InChI is InChI=1S/C18H22FN3O4S/c1-21(10-11-26-17-7-3-2-6-15(17)19)18(23)16-12-14(13-20-16)27(24,25)22-8-4-5-9-22/h2-3,6-7,12-13,20H,4-5,8-11H2,1H3. The van der Waals surface area contributed by atoms with Gasteiger partial charge in [-0.2, -0.15) is 4.31 Å². The zero-order valence-electron chi connectivity index (χ0n) is 15.0. The Kier molecular flexibility index (Phi) is 5.81. The first-order valence-corrected chi connectivity index (χ1v) is 10.1. The smallest absolute Gasteiger partial charge is 0.270 e. The van der Waals surface area contributed by atoms with Gasteiger partial charge in [-0.3, -0.25) is 4.79 Å². The largest absolute Gasteiger partial charge is 0.489 e. The molecule has 0 unspecified atom stereocenters. The first kappa shape index (κ1) is 19.4. The molecule has 0 spiro atoms. The van der Waals surface area contributed by atoms with Crippen LogP contribution >= 0.6 is 0 Å². The molecule has 2 heterocycles. The van der Waals surface area contributed by atoms with Gasteiger partial charge in [0.2, 0.25) is 10.0 Å². The number of nitrogens with zero attached hydrogens (tertiary/aromatic N) is 2. The summed E-state index contributed by atoms with van der Waals surface area (Å²) in [5.41, 5.74) is 0.182. The molecular weight excluding hydrogens is 373 g/mol. The highest BCUT2D eigenvalue weighted by Gasteiger charge is 2.29. The number of likely N-dealkylation sites (N-methyl/N-ethyl adjacent to an activating group) is 1. The first-order chi connectivity index (χ1) is 12.9. The Balaban J connectivity index is 1.59. The molecular formula is C18H22FN3O4S. The molecule has 0 aliphatic carbocycles. The third kappa shape index (κ3) is 4.30. The first-order valence-electron chi connectivity index (χ1n) is 8.71. The highest BCUT2D eigenvalue weighted by atomic mass is 32.2. The minimum absolute atomic E-state index is 0.0868. The SMILES string of the molecule is CN(CCOc1ccccc1F)C(=O)c1cc(S(=O)(=O)N2CCCC2)c[nH]1. The maximum Gasteiger partial charge on any atom is 0.270 e. The van der Waals surface area contributed by atoms with E-state index in [4.69, 9.17) is 4.74 Å². The van der Waals surface area contributed by atoms with E-state index in [0.717, 1.165) is 12.8 Å². The number of halogens is 1. The third-order valence-electron chi connectivity index (χ3n) is 4.46. The van der Waals surface area contributed by atoms with E-state index in [0.29, 0.717) is 13.1 Å². The van der Waals surface area contributed by atoms with Crippen LogP contribution in [0.15, 0.2) is 41.4 Å². The van der Waals surface area contributed by atoms with Crippen LogP contribution in [-0.4, -0.2) is 61.8 Å². The van der Waals surface area contributed by atoms with Gasteiger partial charge in [0.05, 0.1) is 6.54 Å². The molecule has 9 heteroatoms. The lowest BCUT2D eigenvalue weighted by molar-refractivity contribution is 0.0768. The molecule has 1 aliphatic heterocycles. The van der Waals surface area contributed by atoms with Crippen LogP contribution in [0.1, 0.15) is 23.3 Å². The molecule has 146 valence electrons. The molecule has 0 radical (unpaired) electrons. The number of ether oxygens (including phenoxy) is 1. The summed E-state index contributed by atoms with van der Waals surface area (Å²) < 4.78 is 45.3. The molecule has 0 saturated carbocycles. The van der Waals surface area contributed by atoms with E-state index in [1.165, 1.54) is 33.6 Å². The van der Waals surface area contributed by atoms with E-state index in [2.05, 4.69) is 4.98 Å². The number of carbonyl (C=O) groups excluding carboxylic acids is 1. The van der Waals surface area contributed by atoms with Crippen LogP contribution in [0.3, 0.4) is 0 Å². The van der Waals surface area contributed by atoms with Crippen molar-refractivity contribution in [1.82, 2.24) is 14.2 Å². The van der Waals surface area contributed by atoms with Crippen molar-refractivity contribution in [3.8, 4) is 5.75 Å². The number of nitrogens with one attached hydrogen (secondary N) is 1. The van der Waals surface area contributed by atoms with Crippen LogP contribution in [0, 0.1) is 5.82 Å². The second kappa shape index (κ2) is 8.10. The molecule has 3 rings (SSSR count). The Bertz CT molecular complexity index is 907. The number of aromatic amines is 1. The lowest BCUT2D eigenvalue weighted by atomic mass is 10.3. The fraction of sp³-hybridized carbons (Fsp3) is 0.389. The number of benzene rings is 1. The van der Waals surface area contributed by atoms with Gasteiger partial charge in [-0.25, -0.2) is 12.8 Å². The van der Waals surface area contributed by atoms with Crippen LogP contribution < -0.4 is 4.74 Å². The van der Waals surface area contributed by atoms with Crippen molar-refractivity contribution >= 4 is 15.9 Å². The van der Waals surface area contributed by atoms with Gasteiger partial charge in [-0.05, 0) is 31.0 Å². The third-order valence-corrected chi connectivity index (χ3v) is 6.33. The molecule has 1 aromatic heterocycles. The van der Waals surface area contributed by atoms with E-state index >= 15 is 0 Å². The normalized spacial score (nSPS) is 15.0. The predicted octanol–water partition coefficient (Wildman–Crippen LogP) is 2.09. The minimum Gasteiger partial charge on any atom is -0.489 e. The second-order valence-electron chi connectivity index (χ2n) is 6.37. The molecule has 1 aliphatic rings. The average Bonchev–Trinajstić information content (AvgIpc) is 3.35. The minimum atomic E-state index is -3.57. The van der Waals surface area contributed by atoms with Crippen molar-refractivity contribution in [2.45, 2.75) is 17.7 Å². The van der Waals surface area contributed by atoms with Crippen LogP contribution in [0.25, 0.3) is 0 Å². The van der Waals surface area contributed by atoms with Gasteiger partial charge < -0.3 is 14.6 Å². The highest BCUT2D eigenvalue weighted by molar-refractivity contribution is 7.89. The van der Waals surface area contributed by atoms with Gasteiger partial charge in [-0.1, -0.05) is 12.1 Å². The summed E-state index contributed by atoms with van der Waals surface area (Å²) in [5.74, 6) is -0.708. The number of amides is 1. The number of aromatic nitrogens is 1. The molecule has 1 amide bonds. The quantitative estimate of drug-likeness (QED) is 0.778. The van der Waals surface area contributed by atoms with Crippen molar-refractivity contribution in [1.29, 1.82) is 0 Å². The van der Waals surface area contributed by atoms with Gasteiger partial charge in [0.1, 0.15) is 17.2 Å². The summed E-state index contributed by atoms with van der Waals surface area (Å²) in [6.45, 7) is 1.34. The van der Waals surface area contributed by atoms with E-state index < -0.39 is 15.8 Å². The van der Waals surface area contributed by atoms with Crippen LogP contribution in [0.5, 0.6) is 5.75 Å². The maximum atomic E-state index is 13.5. The lowest BCUT2D eigenvalue weighted by Gasteiger charge is -2.17. The number of hydrogen-bond donors (Lipinski definition) is 1. The fourth-order valence-electron chi connectivity index (χ4n) is 2.89. The van der Waals surface area contributed by atoms with Crippen molar-refractivity contribution in [3.63, 3.8) is 0 Å². The number of carbonyl (C=O) groups is 1. The topological polar surface area (TPSA) is 82.7 Å². The molecule has 27 heavy (non-hydrogen) atoms. The second-order valence-corrected chi connectivity index (χ2v) is 8.30. The van der Waals surface area contributed by atoms with E-state index in [1.54, 1.807) is 19.2 Å². The average molecular weight is 395 g/mol. The Morgan fingerprint density at radius 1 is 1.30 bits per heavy atom. The number of rotatable bonds is 7. The molecule has 0 atom stereocenters. The van der Waals surface area contributed by atoms with Gasteiger partial charge in [0.25, 0.3) is 5.91 Å². The Hall–Kier alpha value is -2.39. The monoisotopic (exact) mass is 395 g/mol. The van der Waals surface area contributed by atoms with Crippen molar-refractivity contribution in [2.75, 3.05) is 33.3 Å². The summed E-state index contributed by atoms with van der Waals surface area (Å²) in [5, 5.41) is 0. The molecule has 0 bridgehead atoms. The van der Waals surface area contributed by atoms with Crippen LogP contribution in [-0.2, 0) is 10.0 Å². The van der Waals surface area contributed by atoms with Crippen molar-refractivity contribution in [2.24, 2.45) is 0 Å². The summed E-state index contributed by atoms with van der Waals surface area (Å²) >= 11 is 0. The molecule has 1 N–H and O–H groups in total. The molecule has 1 saturated heterocycles. The molecule has 1 aromatic carbocycles. The van der Waals surface area contributed by atoms with Crippen LogP contribution in [0.2, 0.25) is 0 Å². The van der Waals surface area contributed by atoms with Gasteiger partial charge >= 0.3 is 0 Å². The molecule has 2 aromatic rings. The number of sulfonamides is 1. The molecule has 7 nitrogen and oxygen atoms in total. The van der Waals surface area contributed by atoms with Gasteiger partial charge in [-0.15, -0.1) is 0 Å². The van der Waals surface area contributed by atoms with Gasteiger partial charge in [0, 0.05) is 26.3 Å². The van der Waals surface area contributed by atoms with Crippen molar-refractivity contribution in [3.05, 3.63) is 48.0 Å². The Morgan fingerprint density at radius 2 is 2.00 bits per heavy atom. The summed E-state index contributed by atoms with van der Waals surface area (Å²) in [6, 6.07) is 7.39. The fourth-order valence-corrected chi connectivity index (χ4v) is 4.40. The van der Waals surface area contributed by atoms with E-state index in [9.17, 15) is 17.6 Å².